The van der Waals surface area contributed by atoms with Gasteiger partial charge in [0, 0.05) is 23.8 Å². The van der Waals surface area contributed by atoms with E-state index >= 15 is 0 Å². The van der Waals surface area contributed by atoms with E-state index in [0.29, 0.717) is 6.04 Å². The minimum absolute atomic E-state index is 0.686. The maximum Gasteiger partial charge on any atom is 0.183 e. The van der Waals surface area contributed by atoms with Crippen molar-refractivity contribution in [2.75, 3.05) is 18.9 Å². The van der Waals surface area contributed by atoms with Gasteiger partial charge in [-0.1, -0.05) is 6.42 Å². The summed E-state index contributed by atoms with van der Waals surface area (Å²) >= 11 is 3.37. The van der Waals surface area contributed by atoms with E-state index in [1.165, 1.54) is 30.8 Å². The molecule has 1 atom stereocenters. The number of thiazole rings is 2. The molecule has 3 rings (SSSR count). The lowest BCUT2D eigenvalue weighted by Crippen LogP contribution is -2.36. The van der Waals surface area contributed by atoms with Gasteiger partial charge < -0.3 is 5.32 Å². The highest BCUT2D eigenvalue weighted by Crippen LogP contribution is 2.27. The van der Waals surface area contributed by atoms with Gasteiger partial charge in [0.25, 0.3) is 0 Å². The van der Waals surface area contributed by atoms with E-state index in [1.54, 1.807) is 22.7 Å². The Balaban J connectivity index is 1.70. The van der Waals surface area contributed by atoms with Crippen molar-refractivity contribution >= 4 is 27.8 Å². The fourth-order valence-electron chi connectivity index (χ4n) is 2.57. The molecule has 1 saturated heterocycles. The molecule has 0 saturated carbocycles. The van der Waals surface area contributed by atoms with E-state index in [0.717, 1.165) is 23.1 Å². The fraction of sp³-hybridized carbons (Fsp3) is 0.571. The number of hydrogen-bond donors (Lipinski definition) is 1. The van der Waals surface area contributed by atoms with E-state index < -0.39 is 0 Å². The van der Waals surface area contributed by atoms with Crippen LogP contribution in [0.1, 0.15) is 31.2 Å². The van der Waals surface area contributed by atoms with E-state index in [9.17, 15) is 0 Å². The number of aromatic nitrogens is 2. The summed E-state index contributed by atoms with van der Waals surface area (Å²) in [4.78, 5) is 11.8. The minimum Gasteiger partial charge on any atom is -0.365 e. The molecule has 0 aromatic carbocycles. The van der Waals surface area contributed by atoms with E-state index in [2.05, 4.69) is 32.9 Å². The predicted molar refractivity (Wildman–Crippen MR) is 86.5 cm³/mol. The fourth-order valence-corrected chi connectivity index (χ4v) is 4.05. The first kappa shape index (κ1) is 14.0. The SMILES string of the molecule is CNc1nc(-c2csc(CN3CCCCC3C)n2)cs1. The zero-order chi connectivity index (χ0) is 13.9. The molecule has 1 N–H and O–H groups in total. The molecule has 0 amide bonds. The van der Waals surface area contributed by atoms with Gasteiger partial charge in [0.1, 0.15) is 16.4 Å². The Bertz CT molecular complexity index is 563. The Hall–Kier alpha value is -0.980. The molecule has 2 aromatic heterocycles. The summed E-state index contributed by atoms with van der Waals surface area (Å²) in [6.07, 6.45) is 4.00. The van der Waals surface area contributed by atoms with Gasteiger partial charge in [0.15, 0.2) is 5.13 Å². The van der Waals surface area contributed by atoms with Gasteiger partial charge in [-0.05, 0) is 26.3 Å². The molecule has 2 aromatic rings. The number of nitrogens with zero attached hydrogens (tertiary/aromatic N) is 3. The van der Waals surface area contributed by atoms with Crippen molar-refractivity contribution in [2.24, 2.45) is 0 Å². The van der Waals surface area contributed by atoms with Gasteiger partial charge in [0.2, 0.25) is 0 Å². The van der Waals surface area contributed by atoms with Crippen molar-refractivity contribution in [1.82, 2.24) is 14.9 Å². The zero-order valence-corrected chi connectivity index (χ0v) is 13.6. The Kier molecular flexibility index (Phi) is 4.33. The van der Waals surface area contributed by atoms with Crippen LogP contribution in [0.15, 0.2) is 10.8 Å². The number of likely N-dealkylation sites (tertiary alicyclic amines) is 1. The molecule has 3 heterocycles. The Labute approximate surface area is 127 Å². The van der Waals surface area contributed by atoms with Gasteiger partial charge >= 0.3 is 0 Å². The second-order valence-corrected chi connectivity index (χ2v) is 7.03. The van der Waals surface area contributed by atoms with Crippen molar-refractivity contribution in [3.63, 3.8) is 0 Å². The van der Waals surface area contributed by atoms with Crippen molar-refractivity contribution in [2.45, 2.75) is 38.8 Å². The quantitative estimate of drug-likeness (QED) is 0.935. The van der Waals surface area contributed by atoms with Gasteiger partial charge in [-0.15, -0.1) is 22.7 Å². The van der Waals surface area contributed by atoms with Crippen molar-refractivity contribution in [3.8, 4) is 11.4 Å². The molecule has 0 spiro atoms. The number of nitrogens with one attached hydrogen (secondary N) is 1. The first-order valence-corrected chi connectivity index (χ1v) is 8.84. The van der Waals surface area contributed by atoms with Crippen LogP contribution in [0.25, 0.3) is 11.4 Å². The third-order valence-corrected chi connectivity index (χ3v) is 5.50. The molecular formula is C14H20N4S2. The average Bonchev–Trinajstić information content (AvgIpc) is 3.10. The lowest BCUT2D eigenvalue weighted by atomic mass is 10.0. The highest BCUT2D eigenvalue weighted by molar-refractivity contribution is 7.14. The molecule has 1 aliphatic rings. The molecule has 20 heavy (non-hydrogen) atoms. The van der Waals surface area contributed by atoms with E-state index in [-0.39, 0.29) is 0 Å². The zero-order valence-electron chi connectivity index (χ0n) is 11.9. The number of hydrogen-bond acceptors (Lipinski definition) is 6. The first-order valence-electron chi connectivity index (χ1n) is 7.08. The third kappa shape index (κ3) is 3.02. The molecular weight excluding hydrogens is 288 g/mol. The molecule has 1 unspecified atom stereocenters. The Morgan fingerprint density at radius 2 is 2.05 bits per heavy atom. The molecule has 0 radical (unpaired) electrons. The summed E-state index contributed by atoms with van der Waals surface area (Å²) in [6, 6.07) is 0.686. The number of anilines is 1. The molecule has 0 bridgehead atoms. The lowest BCUT2D eigenvalue weighted by Gasteiger charge is -2.32. The average molecular weight is 308 g/mol. The summed E-state index contributed by atoms with van der Waals surface area (Å²) in [5.74, 6) is 0. The molecule has 4 nitrogen and oxygen atoms in total. The van der Waals surface area contributed by atoms with Crippen molar-refractivity contribution < 1.29 is 0 Å². The smallest absolute Gasteiger partial charge is 0.183 e. The van der Waals surface area contributed by atoms with Crippen molar-refractivity contribution in [3.05, 3.63) is 15.8 Å². The lowest BCUT2D eigenvalue weighted by molar-refractivity contribution is 0.152. The Morgan fingerprint density at radius 3 is 2.80 bits per heavy atom. The molecule has 1 fully saturated rings. The van der Waals surface area contributed by atoms with Gasteiger partial charge in [-0.25, -0.2) is 9.97 Å². The maximum absolute atomic E-state index is 4.75. The van der Waals surface area contributed by atoms with Crippen LogP contribution >= 0.6 is 22.7 Å². The second-order valence-electron chi connectivity index (χ2n) is 5.23. The van der Waals surface area contributed by atoms with Crippen LogP contribution in [0.3, 0.4) is 0 Å². The van der Waals surface area contributed by atoms with Gasteiger partial charge in [-0.2, -0.15) is 0 Å². The van der Waals surface area contributed by atoms with Crippen LogP contribution in [-0.2, 0) is 6.54 Å². The molecule has 6 heteroatoms. The summed E-state index contributed by atoms with van der Waals surface area (Å²) in [5.41, 5.74) is 1.99. The van der Waals surface area contributed by atoms with Crippen LogP contribution in [0.5, 0.6) is 0 Å². The maximum atomic E-state index is 4.75. The minimum atomic E-state index is 0.686. The standard InChI is InChI=1S/C14H20N4S2/c1-10-5-3-4-6-18(10)7-13-16-11(8-19-13)12-9-20-14(15-2)17-12/h8-10H,3-7H2,1-2H3,(H,15,17). The topological polar surface area (TPSA) is 41.1 Å². The second kappa shape index (κ2) is 6.20. The van der Waals surface area contributed by atoms with Gasteiger partial charge in [-0.3, -0.25) is 4.90 Å². The van der Waals surface area contributed by atoms with Crippen LogP contribution in [0.2, 0.25) is 0 Å². The summed E-state index contributed by atoms with van der Waals surface area (Å²) in [7, 11) is 1.90. The van der Waals surface area contributed by atoms with Crippen molar-refractivity contribution in [1.29, 1.82) is 0 Å². The van der Waals surface area contributed by atoms with Crippen LogP contribution in [0.4, 0.5) is 5.13 Å². The molecule has 0 aliphatic carbocycles. The largest absolute Gasteiger partial charge is 0.365 e. The number of piperidine rings is 1. The summed E-state index contributed by atoms with van der Waals surface area (Å²) in [6.45, 7) is 4.51. The normalized spacial score (nSPS) is 20.2. The molecule has 108 valence electrons. The van der Waals surface area contributed by atoms with Gasteiger partial charge in [0.05, 0.1) is 6.54 Å². The van der Waals surface area contributed by atoms with E-state index in [4.69, 9.17) is 4.98 Å². The van der Waals surface area contributed by atoms with Crippen LogP contribution in [-0.4, -0.2) is 34.5 Å². The Morgan fingerprint density at radius 1 is 1.25 bits per heavy atom. The molecule has 1 aliphatic heterocycles. The van der Waals surface area contributed by atoms with Crippen LogP contribution in [0, 0.1) is 0 Å². The predicted octanol–water partition coefficient (Wildman–Crippen LogP) is 3.68. The monoisotopic (exact) mass is 308 g/mol. The number of rotatable bonds is 4. The highest BCUT2D eigenvalue weighted by atomic mass is 32.1. The third-order valence-electron chi connectivity index (χ3n) is 3.81. The van der Waals surface area contributed by atoms with E-state index in [1.807, 2.05) is 7.05 Å². The van der Waals surface area contributed by atoms with Crippen LogP contribution < -0.4 is 5.32 Å². The summed E-state index contributed by atoms with van der Waals surface area (Å²) < 4.78 is 0. The summed E-state index contributed by atoms with van der Waals surface area (Å²) in [5, 5.41) is 9.40. The first-order chi connectivity index (χ1) is 9.76. The highest BCUT2D eigenvalue weighted by Gasteiger charge is 2.19.